The molecule has 2 aromatic heterocycles. The summed E-state index contributed by atoms with van der Waals surface area (Å²) in [5.41, 5.74) is 4.82. The van der Waals surface area contributed by atoms with Crippen LogP contribution in [0.5, 0.6) is 0 Å². The highest BCUT2D eigenvalue weighted by Crippen LogP contribution is 2.42. The third kappa shape index (κ3) is 3.47. The van der Waals surface area contributed by atoms with Crippen LogP contribution in [0.25, 0.3) is 32.9 Å². The Hall–Kier alpha value is -3.48. The predicted molar refractivity (Wildman–Crippen MR) is 123 cm³/mol. The molecule has 0 atom stereocenters. The van der Waals surface area contributed by atoms with E-state index in [9.17, 15) is 14.3 Å². The number of rotatable bonds is 4. The number of nitrogens with zero attached hydrogens (tertiary/aromatic N) is 3. The number of fused-ring (bicyclic) bond motifs is 2. The lowest BCUT2D eigenvalue weighted by Crippen LogP contribution is -2.37. The zero-order valence-electron chi connectivity index (χ0n) is 18.1. The normalized spacial score (nSPS) is 15.2. The summed E-state index contributed by atoms with van der Waals surface area (Å²) >= 11 is 0. The number of carboxylic acid groups (broad SMARTS) is 1. The van der Waals surface area contributed by atoms with Crippen LogP contribution < -0.4 is 4.90 Å². The highest BCUT2D eigenvalue weighted by molar-refractivity contribution is 6.05. The van der Waals surface area contributed by atoms with Crippen LogP contribution in [0, 0.1) is 11.7 Å². The number of hydrogen-bond acceptors (Lipinski definition) is 4. The summed E-state index contributed by atoms with van der Waals surface area (Å²) in [4.78, 5) is 18.7. The van der Waals surface area contributed by atoms with Crippen LogP contribution in [0.1, 0.15) is 38.2 Å². The molecule has 6 nitrogen and oxygen atoms in total. The minimum atomic E-state index is -0.728. The second-order valence-electron chi connectivity index (χ2n) is 8.81. The number of H-pyrrole nitrogens is 1. The molecule has 1 fully saturated rings. The number of halogens is 1. The van der Waals surface area contributed by atoms with Gasteiger partial charge in [-0.15, -0.1) is 0 Å². The smallest absolute Gasteiger partial charge is 0.306 e. The fraction of sp³-hybridized carbons (Fsp3) is 0.320. The largest absolute Gasteiger partial charge is 0.481 e. The van der Waals surface area contributed by atoms with Crippen molar-refractivity contribution in [1.82, 2.24) is 15.2 Å². The number of aliphatic carboxylic acids is 1. The molecule has 1 aliphatic heterocycles. The highest BCUT2D eigenvalue weighted by atomic mass is 19.1. The van der Waals surface area contributed by atoms with Gasteiger partial charge in [-0.25, -0.2) is 9.37 Å². The van der Waals surface area contributed by atoms with Crippen LogP contribution in [0.4, 0.5) is 10.2 Å². The summed E-state index contributed by atoms with van der Waals surface area (Å²) in [6, 6.07) is 10.7. The Labute approximate surface area is 185 Å². The van der Waals surface area contributed by atoms with Gasteiger partial charge in [-0.2, -0.15) is 5.10 Å². The predicted octanol–water partition coefficient (Wildman–Crippen LogP) is 5.34. The van der Waals surface area contributed by atoms with Crippen LogP contribution in [0.15, 0.2) is 42.6 Å². The molecule has 32 heavy (non-hydrogen) atoms. The lowest BCUT2D eigenvalue weighted by Gasteiger charge is -2.34. The van der Waals surface area contributed by atoms with Gasteiger partial charge in [0.1, 0.15) is 11.6 Å². The number of piperidine rings is 1. The van der Waals surface area contributed by atoms with E-state index in [0.717, 1.165) is 44.3 Å². The molecule has 1 saturated heterocycles. The van der Waals surface area contributed by atoms with E-state index in [0.29, 0.717) is 25.9 Å². The summed E-state index contributed by atoms with van der Waals surface area (Å²) in [6.45, 7) is 5.56. The number of carbonyl (C=O) groups is 1. The Balaban J connectivity index is 1.76. The van der Waals surface area contributed by atoms with Gasteiger partial charge in [-0.1, -0.05) is 26.0 Å². The van der Waals surface area contributed by atoms with Crippen molar-refractivity contribution in [3.05, 3.63) is 54.0 Å². The monoisotopic (exact) mass is 432 g/mol. The van der Waals surface area contributed by atoms with Crippen LogP contribution in [0.2, 0.25) is 0 Å². The number of carboxylic acids is 1. The van der Waals surface area contributed by atoms with Gasteiger partial charge in [0, 0.05) is 29.4 Å². The van der Waals surface area contributed by atoms with Gasteiger partial charge in [-0.05, 0) is 54.2 Å². The quantitative estimate of drug-likeness (QED) is 0.455. The fourth-order valence-electron chi connectivity index (χ4n) is 4.76. The molecule has 0 spiro atoms. The number of pyridine rings is 1. The average Bonchev–Trinajstić information content (AvgIpc) is 3.24. The summed E-state index contributed by atoms with van der Waals surface area (Å²) in [5.74, 6) is -0.260. The highest BCUT2D eigenvalue weighted by Gasteiger charge is 2.29. The lowest BCUT2D eigenvalue weighted by atomic mass is 9.88. The molecule has 0 radical (unpaired) electrons. The number of hydrogen-bond donors (Lipinski definition) is 2. The Bertz CT molecular complexity index is 1310. The van der Waals surface area contributed by atoms with Crippen molar-refractivity contribution in [2.45, 2.75) is 32.6 Å². The molecule has 3 heterocycles. The van der Waals surface area contributed by atoms with Crippen LogP contribution >= 0.6 is 0 Å². The van der Waals surface area contributed by atoms with Gasteiger partial charge in [0.25, 0.3) is 0 Å². The molecule has 4 aromatic rings. The summed E-state index contributed by atoms with van der Waals surface area (Å²) in [5, 5.41) is 18.6. The van der Waals surface area contributed by atoms with Gasteiger partial charge in [0.15, 0.2) is 0 Å². The second-order valence-corrected chi connectivity index (χ2v) is 8.81. The van der Waals surface area contributed by atoms with Gasteiger partial charge in [-0.3, -0.25) is 9.89 Å². The molecule has 0 saturated carbocycles. The first-order chi connectivity index (χ1) is 15.4. The first-order valence-corrected chi connectivity index (χ1v) is 11.0. The Morgan fingerprint density at radius 3 is 2.56 bits per heavy atom. The van der Waals surface area contributed by atoms with Gasteiger partial charge in [0.2, 0.25) is 0 Å². The number of aromatic nitrogens is 3. The SMILES string of the molecule is CC(C)c1c(N2CCC(C(=O)O)CC2)nc2cc3[nH]ncc3cc2c1-c1ccc(F)cc1. The maximum absolute atomic E-state index is 13.7. The second kappa shape index (κ2) is 7.89. The maximum atomic E-state index is 13.7. The van der Waals surface area contributed by atoms with E-state index in [1.165, 1.54) is 12.1 Å². The van der Waals surface area contributed by atoms with Crippen molar-refractivity contribution in [3.63, 3.8) is 0 Å². The van der Waals surface area contributed by atoms with Crippen LogP contribution in [-0.2, 0) is 4.79 Å². The topological polar surface area (TPSA) is 82.1 Å². The molecular weight excluding hydrogens is 407 g/mol. The first-order valence-electron chi connectivity index (χ1n) is 11.0. The van der Waals surface area contributed by atoms with E-state index in [2.05, 4.69) is 35.0 Å². The van der Waals surface area contributed by atoms with Gasteiger partial charge in [0.05, 0.1) is 23.1 Å². The molecule has 0 aliphatic carbocycles. The van der Waals surface area contributed by atoms with Crippen molar-refractivity contribution >= 4 is 33.6 Å². The average molecular weight is 432 g/mol. The van der Waals surface area contributed by atoms with Crippen LogP contribution in [0.3, 0.4) is 0 Å². The van der Waals surface area contributed by atoms with Crippen LogP contribution in [-0.4, -0.2) is 39.3 Å². The maximum Gasteiger partial charge on any atom is 0.306 e. The van der Waals surface area contributed by atoms with Crippen molar-refractivity contribution < 1.29 is 14.3 Å². The number of anilines is 1. The van der Waals surface area contributed by atoms with E-state index in [1.807, 2.05) is 18.2 Å². The first kappa shape index (κ1) is 20.4. The van der Waals surface area contributed by atoms with Crippen molar-refractivity contribution in [2.75, 3.05) is 18.0 Å². The molecule has 0 amide bonds. The number of benzene rings is 2. The summed E-state index contributed by atoms with van der Waals surface area (Å²) < 4.78 is 13.7. The van der Waals surface area contributed by atoms with Gasteiger partial charge >= 0.3 is 5.97 Å². The van der Waals surface area contributed by atoms with Crippen molar-refractivity contribution in [1.29, 1.82) is 0 Å². The lowest BCUT2D eigenvalue weighted by molar-refractivity contribution is -0.142. The molecule has 2 N–H and O–H groups in total. The molecule has 2 aromatic carbocycles. The van der Waals surface area contributed by atoms with E-state index in [1.54, 1.807) is 6.20 Å². The number of aromatic amines is 1. The minimum absolute atomic E-state index is 0.166. The summed E-state index contributed by atoms with van der Waals surface area (Å²) in [6.07, 6.45) is 2.99. The van der Waals surface area contributed by atoms with E-state index >= 15 is 0 Å². The standard InChI is InChI=1S/C25H25FN4O2/c1-14(2)22-23(15-3-5-18(26)6-4-15)19-11-17-13-27-29-20(17)12-21(19)28-24(22)30-9-7-16(8-10-30)25(31)32/h3-6,11-14,16H,7-10H2,1-2H3,(H,27,29)(H,31,32). The molecule has 5 rings (SSSR count). The summed E-state index contributed by atoms with van der Waals surface area (Å²) in [7, 11) is 0. The van der Waals surface area contributed by atoms with E-state index < -0.39 is 5.97 Å². The third-order valence-corrected chi connectivity index (χ3v) is 6.42. The molecule has 164 valence electrons. The fourth-order valence-corrected chi connectivity index (χ4v) is 4.76. The van der Waals surface area contributed by atoms with Crippen molar-refractivity contribution in [3.8, 4) is 11.1 Å². The number of nitrogens with one attached hydrogen (secondary N) is 1. The third-order valence-electron chi connectivity index (χ3n) is 6.42. The molecule has 0 bridgehead atoms. The Kier molecular flexibility index (Phi) is 5.04. The molecular formula is C25H25FN4O2. The molecule has 0 unspecified atom stereocenters. The molecule has 7 heteroatoms. The van der Waals surface area contributed by atoms with E-state index in [-0.39, 0.29) is 17.7 Å². The van der Waals surface area contributed by atoms with Gasteiger partial charge < -0.3 is 10.0 Å². The Morgan fingerprint density at radius 2 is 1.91 bits per heavy atom. The van der Waals surface area contributed by atoms with Crippen molar-refractivity contribution in [2.24, 2.45) is 5.92 Å². The Morgan fingerprint density at radius 1 is 1.19 bits per heavy atom. The van der Waals surface area contributed by atoms with E-state index in [4.69, 9.17) is 4.98 Å². The zero-order valence-corrected chi connectivity index (χ0v) is 18.1. The molecule has 1 aliphatic rings. The minimum Gasteiger partial charge on any atom is -0.481 e. The zero-order chi connectivity index (χ0) is 22.4.